The maximum atomic E-state index is 10.4. The van der Waals surface area contributed by atoms with Crippen LogP contribution >= 0.6 is 0 Å². The molecule has 0 unspecified atom stereocenters. The SMILES string of the molecule is O=C1CC[C@@H](C(=O)O)N1.[H-].[Na+]. The van der Waals surface area contributed by atoms with Crippen LogP contribution in [0.3, 0.4) is 0 Å². The van der Waals surface area contributed by atoms with Gasteiger partial charge in [-0.2, -0.15) is 0 Å². The molecule has 1 rings (SSSR count). The number of nitrogens with one attached hydrogen (secondary N) is 1. The fourth-order valence-electron chi connectivity index (χ4n) is 0.799. The van der Waals surface area contributed by atoms with Crippen molar-refractivity contribution in [3.05, 3.63) is 0 Å². The first-order chi connectivity index (χ1) is 4.20. The Morgan fingerprint density at radius 3 is 2.60 bits per heavy atom. The van der Waals surface area contributed by atoms with Gasteiger partial charge in [-0.1, -0.05) is 0 Å². The van der Waals surface area contributed by atoms with Crippen LogP contribution in [-0.4, -0.2) is 23.0 Å². The molecule has 5 heteroatoms. The second-order valence-electron chi connectivity index (χ2n) is 2.00. The quantitative estimate of drug-likeness (QED) is 0.383. The summed E-state index contributed by atoms with van der Waals surface area (Å²) in [7, 11) is 0. The Hall–Kier alpha value is -0.0600. The summed E-state index contributed by atoms with van der Waals surface area (Å²) < 4.78 is 0. The molecule has 1 aliphatic heterocycles. The van der Waals surface area contributed by atoms with E-state index in [-0.39, 0.29) is 36.9 Å². The maximum Gasteiger partial charge on any atom is 1.00 e. The molecular formula is C5H8NNaO3. The average molecular weight is 153 g/mol. The Kier molecular flexibility index (Phi) is 3.93. The summed E-state index contributed by atoms with van der Waals surface area (Å²) in [5, 5.41) is 10.6. The van der Waals surface area contributed by atoms with Gasteiger partial charge in [0.15, 0.2) is 0 Å². The Bertz CT molecular complexity index is 164. The van der Waals surface area contributed by atoms with Crippen molar-refractivity contribution in [3.63, 3.8) is 0 Å². The molecule has 1 fully saturated rings. The monoisotopic (exact) mass is 153 g/mol. The van der Waals surface area contributed by atoms with E-state index < -0.39 is 12.0 Å². The summed E-state index contributed by atoms with van der Waals surface area (Å²) in [5.74, 6) is -1.11. The van der Waals surface area contributed by atoms with E-state index in [2.05, 4.69) is 5.32 Å². The third-order valence-electron chi connectivity index (χ3n) is 1.29. The van der Waals surface area contributed by atoms with E-state index in [4.69, 9.17) is 5.11 Å². The van der Waals surface area contributed by atoms with Gasteiger partial charge in [-0.05, 0) is 6.42 Å². The van der Waals surface area contributed by atoms with Crippen LogP contribution in [0.1, 0.15) is 14.3 Å². The molecule has 0 aromatic heterocycles. The van der Waals surface area contributed by atoms with E-state index >= 15 is 0 Å². The number of carbonyl (C=O) groups excluding carboxylic acids is 1. The van der Waals surface area contributed by atoms with Crippen molar-refractivity contribution >= 4 is 11.9 Å². The zero-order valence-corrected chi connectivity index (χ0v) is 7.76. The standard InChI is InChI=1S/C5H7NO3.Na.H/c7-4-2-1-3(6-4)5(8)9;;/h3H,1-2H2,(H,6,7)(H,8,9);;/q;+1;-1/t3-;;/m0../s1. The second-order valence-corrected chi connectivity index (χ2v) is 2.00. The van der Waals surface area contributed by atoms with Crippen molar-refractivity contribution in [3.8, 4) is 0 Å². The summed E-state index contributed by atoms with van der Waals surface area (Å²) in [5.41, 5.74) is 0. The summed E-state index contributed by atoms with van der Waals surface area (Å²) >= 11 is 0. The van der Waals surface area contributed by atoms with Crippen molar-refractivity contribution < 1.29 is 45.7 Å². The van der Waals surface area contributed by atoms with Crippen LogP contribution in [0.15, 0.2) is 0 Å². The van der Waals surface area contributed by atoms with Crippen molar-refractivity contribution in [2.24, 2.45) is 0 Å². The number of hydrogen-bond acceptors (Lipinski definition) is 2. The minimum Gasteiger partial charge on any atom is -1.00 e. The minimum atomic E-state index is -0.944. The summed E-state index contributed by atoms with van der Waals surface area (Å²) in [4.78, 5) is 20.5. The van der Waals surface area contributed by atoms with Crippen molar-refractivity contribution in [1.82, 2.24) is 5.32 Å². The van der Waals surface area contributed by atoms with Crippen LogP contribution in [0, 0.1) is 0 Å². The second kappa shape index (κ2) is 3.95. The summed E-state index contributed by atoms with van der Waals surface area (Å²) in [6.45, 7) is 0. The van der Waals surface area contributed by atoms with Gasteiger partial charge in [-0.15, -0.1) is 0 Å². The zero-order chi connectivity index (χ0) is 6.85. The molecule has 10 heavy (non-hydrogen) atoms. The molecule has 1 aliphatic rings. The van der Waals surface area contributed by atoms with E-state index in [9.17, 15) is 9.59 Å². The van der Waals surface area contributed by atoms with Gasteiger partial charge in [-0.25, -0.2) is 4.79 Å². The largest absolute Gasteiger partial charge is 1.00 e. The molecule has 1 saturated heterocycles. The minimum absolute atomic E-state index is 0. The first-order valence-corrected chi connectivity index (χ1v) is 2.72. The van der Waals surface area contributed by atoms with E-state index in [1.807, 2.05) is 0 Å². The third kappa shape index (κ3) is 2.28. The molecule has 1 heterocycles. The number of carbonyl (C=O) groups is 2. The third-order valence-corrected chi connectivity index (χ3v) is 1.29. The zero-order valence-electron chi connectivity index (χ0n) is 6.76. The predicted molar refractivity (Wildman–Crippen MR) is 29.9 cm³/mol. The molecular weight excluding hydrogens is 145 g/mol. The average Bonchev–Trinajstić information content (AvgIpc) is 2.14. The smallest absolute Gasteiger partial charge is 1.00 e. The molecule has 0 aliphatic carbocycles. The fraction of sp³-hybridized carbons (Fsp3) is 0.600. The number of rotatable bonds is 1. The Morgan fingerprint density at radius 2 is 2.40 bits per heavy atom. The molecule has 0 spiro atoms. The van der Waals surface area contributed by atoms with Crippen LogP contribution in [0.2, 0.25) is 0 Å². The van der Waals surface area contributed by atoms with E-state index in [0.29, 0.717) is 12.8 Å². The Balaban J connectivity index is 0. The number of carboxylic acid groups (broad SMARTS) is 1. The number of carboxylic acids is 1. The topological polar surface area (TPSA) is 66.4 Å². The molecule has 52 valence electrons. The van der Waals surface area contributed by atoms with E-state index in [1.54, 1.807) is 0 Å². The van der Waals surface area contributed by atoms with Crippen LogP contribution in [0.5, 0.6) is 0 Å². The van der Waals surface area contributed by atoms with Crippen molar-refractivity contribution in [2.75, 3.05) is 0 Å². The van der Waals surface area contributed by atoms with Crippen LogP contribution in [0.4, 0.5) is 0 Å². The fourth-order valence-corrected chi connectivity index (χ4v) is 0.799. The number of hydrogen-bond donors (Lipinski definition) is 2. The first kappa shape index (κ1) is 9.94. The molecule has 0 aromatic rings. The molecule has 4 nitrogen and oxygen atoms in total. The van der Waals surface area contributed by atoms with Gasteiger partial charge in [0.25, 0.3) is 0 Å². The molecule has 0 aromatic carbocycles. The molecule has 1 amide bonds. The van der Waals surface area contributed by atoms with E-state index in [1.165, 1.54) is 0 Å². The number of amides is 1. The van der Waals surface area contributed by atoms with Crippen LogP contribution < -0.4 is 34.9 Å². The molecule has 1 atom stereocenters. The first-order valence-electron chi connectivity index (χ1n) is 2.72. The molecule has 2 N–H and O–H groups in total. The van der Waals surface area contributed by atoms with Crippen LogP contribution in [-0.2, 0) is 9.59 Å². The van der Waals surface area contributed by atoms with Gasteiger partial charge in [0.2, 0.25) is 5.91 Å². The van der Waals surface area contributed by atoms with Gasteiger partial charge in [0.1, 0.15) is 6.04 Å². The van der Waals surface area contributed by atoms with Crippen molar-refractivity contribution in [2.45, 2.75) is 18.9 Å². The van der Waals surface area contributed by atoms with E-state index in [0.717, 1.165) is 0 Å². The van der Waals surface area contributed by atoms with Gasteiger partial charge in [0, 0.05) is 6.42 Å². The van der Waals surface area contributed by atoms with Gasteiger partial charge >= 0.3 is 35.5 Å². The molecule has 0 saturated carbocycles. The normalized spacial score (nSPS) is 23.2. The van der Waals surface area contributed by atoms with Crippen LogP contribution in [0.25, 0.3) is 0 Å². The molecule has 0 bridgehead atoms. The maximum absolute atomic E-state index is 10.4. The number of aliphatic carboxylic acids is 1. The summed E-state index contributed by atoms with van der Waals surface area (Å²) in [6, 6.07) is -0.641. The van der Waals surface area contributed by atoms with Gasteiger partial charge in [0.05, 0.1) is 0 Å². The molecule has 0 radical (unpaired) electrons. The predicted octanol–water partition coefficient (Wildman–Crippen LogP) is -3.53. The van der Waals surface area contributed by atoms with Gasteiger partial charge < -0.3 is 11.8 Å². The van der Waals surface area contributed by atoms with Gasteiger partial charge in [-0.3, -0.25) is 4.79 Å². The Labute approximate surface area is 81.8 Å². The van der Waals surface area contributed by atoms with Crippen molar-refractivity contribution in [1.29, 1.82) is 0 Å². The summed E-state index contributed by atoms with van der Waals surface area (Å²) in [6.07, 6.45) is 0.769. The Morgan fingerprint density at radius 1 is 1.80 bits per heavy atom.